The Labute approximate surface area is 109 Å². The van der Waals surface area contributed by atoms with Gasteiger partial charge in [0.2, 0.25) is 0 Å². The molecule has 0 aliphatic rings. The van der Waals surface area contributed by atoms with E-state index in [4.69, 9.17) is 4.74 Å². The van der Waals surface area contributed by atoms with Crippen molar-refractivity contribution < 1.29 is 19.1 Å². The van der Waals surface area contributed by atoms with Gasteiger partial charge in [0.05, 0.1) is 13.2 Å². The number of nitrogens with zero attached hydrogens (tertiary/aromatic N) is 1. The molecule has 0 aromatic carbocycles. The molecule has 100 valence electrons. The van der Waals surface area contributed by atoms with Crippen molar-refractivity contribution in [2.45, 2.75) is 20.0 Å². The van der Waals surface area contributed by atoms with Gasteiger partial charge < -0.3 is 14.8 Å². The third-order valence-electron chi connectivity index (χ3n) is 2.27. The summed E-state index contributed by atoms with van der Waals surface area (Å²) in [6.45, 7) is 3.83. The van der Waals surface area contributed by atoms with E-state index >= 15 is 0 Å². The maximum atomic E-state index is 11.5. The second-order valence-corrected chi connectivity index (χ2v) is 4.67. The number of rotatable bonds is 6. The number of hydrogen-bond acceptors (Lipinski definition) is 7. The zero-order valence-corrected chi connectivity index (χ0v) is 11.6. The monoisotopic (exact) mass is 272 g/mol. The van der Waals surface area contributed by atoms with Gasteiger partial charge in [-0.2, -0.15) is 0 Å². The maximum absolute atomic E-state index is 11.5. The second-order valence-electron chi connectivity index (χ2n) is 3.67. The van der Waals surface area contributed by atoms with Gasteiger partial charge in [-0.3, -0.25) is 4.79 Å². The summed E-state index contributed by atoms with van der Waals surface area (Å²) in [5, 5.41) is 3.52. The Kier molecular flexibility index (Phi) is 5.24. The van der Waals surface area contributed by atoms with E-state index in [1.54, 1.807) is 7.11 Å². The minimum Gasteiger partial charge on any atom is -0.464 e. The molecule has 0 aliphatic heterocycles. The van der Waals surface area contributed by atoms with Crippen LogP contribution in [-0.4, -0.2) is 43.6 Å². The van der Waals surface area contributed by atoms with Crippen LogP contribution < -0.4 is 5.32 Å². The Morgan fingerprint density at radius 1 is 1.44 bits per heavy atom. The molecule has 6 nitrogen and oxygen atoms in total. The van der Waals surface area contributed by atoms with Gasteiger partial charge in [-0.05, 0) is 6.92 Å². The average Bonchev–Trinajstić information content (AvgIpc) is 2.79. The van der Waals surface area contributed by atoms with E-state index in [9.17, 15) is 9.59 Å². The SMILES string of the molecule is COC(=O)c1nc(NCC(C)OC)sc1C(C)=O. The van der Waals surface area contributed by atoms with E-state index in [0.717, 1.165) is 11.3 Å². The zero-order valence-electron chi connectivity index (χ0n) is 10.8. The van der Waals surface area contributed by atoms with Gasteiger partial charge in [0, 0.05) is 20.6 Å². The number of esters is 1. The molecule has 0 spiro atoms. The third kappa shape index (κ3) is 3.51. The molecule has 1 rings (SSSR count). The first-order valence-corrected chi connectivity index (χ1v) is 6.18. The quantitative estimate of drug-likeness (QED) is 0.626. The highest BCUT2D eigenvalue weighted by Crippen LogP contribution is 2.24. The number of carbonyl (C=O) groups excluding carboxylic acids is 2. The van der Waals surface area contributed by atoms with Crippen molar-refractivity contribution in [1.82, 2.24) is 4.98 Å². The molecular formula is C11H16N2O4S. The van der Waals surface area contributed by atoms with Gasteiger partial charge in [-0.15, -0.1) is 0 Å². The molecule has 1 aromatic heterocycles. The molecule has 0 saturated heterocycles. The van der Waals surface area contributed by atoms with E-state index in [-0.39, 0.29) is 17.6 Å². The van der Waals surface area contributed by atoms with Gasteiger partial charge in [0.15, 0.2) is 16.6 Å². The number of thiazole rings is 1. The van der Waals surface area contributed by atoms with Crippen LogP contribution in [0.4, 0.5) is 5.13 Å². The molecule has 1 atom stereocenters. The lowest BCUT2D eigenvalue weighted by molar-refractivity contribution is 0.0591. The second kappa shape index (κ2) is 6.46. The fourth-order valence-electron chi connectivity index (χ4n) is 1.18. The average molecular weight is 272 g/mol. The predicted molar refractivity (Wildman–Crippen MR) is 68.4 cm³/mol. The van der Waals surface area contributed by atoms with Crippen molar-refractivity contribution in [2.24, 2.45) is 0 Å². The molecule has 1 unspecified atom stereocenters. The molecule has 1 N–H and O–H groups in total. The third-order valence-corrected chi connectivity index (χ3v) is 3.38. The van der Waals surface area contributed by atoms with E-state index in [1.165, 1.54) is 14.0 Å². The highest BCUT2D eigenvalue weighted by molar-refractivity contribution is 7.17. The Hall–Kier alpha value is -1.47. The molecule has 7 heteroatoms. The Bertz CT molecular complexity index is 444. The molecule has 1 heterocycles. The van der Waals surface area contributed by atoms with Gasteiger partial charge in [-0.25, -0.2) is 9.78 Å². The highest BCUT2D eigenvalue weighted by atomic mass is 32.1. The number of ketones is 1. The van der Waals surface area contributed by atoms with Crippen LogP contribution in [0.2, 0.25) is 0 Å². The summed E-state index contributed by atoms with van der Waals surface area (Å²) in [5.41, 5.74) is 0.0579. The van der Waals surface area contributed by atoms with Crippen LogP contribution in [0.25, 0.3) is 0 Å². The first-order chi connectivity index (χ1) is 8.49. The Morgan fingerprint density at radius 2 is 2.11 bits per heavy atom. The van der Waals surface area contributed by atoms with Crippen molar-refractivity contribution in [1.29, 1.82) is 0 Å². The molecule has 0 saturated carbocycles. The fraction of sp³-hybridized carbons (Fsp3) is 0.545. The van der Waals surface area contributed by atoms with Crippen LogP contribution in [-0.2, 0) is 9.47 Å². The molecule has 1 aromatic rings. The van der Waals surface area contributed by atoms with E-state index in [2.05, 4.69) is 15.0 Å². The van der Waals surface area contributed by atoms with Gasteiger partial charge in [0.25, 0.3) is 0 Å². The summed E-state index contributed by atoms with van der Waals surface area (Å²) in [7, 11) is 2.86. The van der Waals surface area contributed by atoms with E-state index in [0.29, 0.717) is 16.6 Å². The normalized spacial score (nSPS) is 12.0. The van der Waals surface area contributed by atoms with E-state index < -0.39 is 5.97 Å². The lowest BCUT2D eigenvalue weighted by atomic mass is 10.3. The van der Waals surface area contributed by atoms with Crippen molar-refractivity contribution >= 4 is 28.2 Å². The number of ether oxygens (including phenoxy) is 2. The van der Waals surface area contributed by atoms with Crippen molar-refractivity contribution in [3.63, 3.8) is 0 Å². The van der Waals surface area contributed by atoms with Gasteiger partial charge in [0.1, 0.15) is 4.88 Å². The summed E-state index contributed by atoms with van der Waals surface area (Å²) in [4.78, 5) is 27.2. The van der Waals surface area contributed by atoms with E-state index in [1.807, 2.05) is 6.92 Å². The summed E-state index contributed by atoms with van der Waals surface area (Å²) >= 11 is 1.14. The fourth-order valence-corrected chi connectivity index (χ4v) is 2.04. The summed E-state index contributed by atoms with van der Waals surface area (Å²) in [6.07, 6.45) is 0.0104. The van der Waals surface area contributed by atoms with Crippen LogP contribution in [0.5, 0.6) is 0 Å². The number of aromatic nitrogens is 1. The number of carbonyl (C=O) groups is 2. The van der Waals surface area contributed by atoms with Crippen LogP contribution >= 0.6 is 11.3 Å². The van der Waals surface area contributed by atoms with Crippen molar-refractivity contribution in [3.05, 3.63) is 10.6 Å². The standard InChI is InChI=1S/C11H16N2O4S/c1-6(16-3)5-12-11-13-8(10(15)17-4)9(18-11)7(2)14/h6H,5H2,1-4H3,(H,12,13). The molecule has 0 radical (unpaired) electrons. The smallest absolute Gasteiger partial charge is 0.358 e. The number of Topliss-reactive ketones (excluding diaryl/α,β-unsaturated/α-hetero) is 1. The first-order valence-electron chi connectivity index (χ1n) is 5.36. The molecule has 0 amide bonds. The van der Waals surface area contributed by atoms with Crippen molar-refractivity contribution in [3.8, 4) is 0 Å². The van der Waals surface area contributed by atoms with Gasteiger partial charge in [-0.1, -0.05) is 11.3 Å². The first kappa shape index (κ1) is 14.6. The Balaban J connectivity index is 2.89. The van der Waals surface area contributed by atoms with Crippen LogP contribution in [0.3, 0.4) is 0 Å². The van der Waals surface area contributed by atoms with Crippen LogP contribution in [0, 0.1) is 0 Å². The number of methoxy groups -OCH3 is 2. The summed E-state index contributed by atoms with van der Waals surface area (Å²) in [6, 6.07) is 0. The zero-order chi connectivity index (χ0) is 13.7. The van der Waals surface area contributed by atoms with Crippen LogP contribution in [0.15, 0.2) is 0 Å². The lowest BCUT2D eigenvalue weighted by Gasteiger charge is -2.08. The Morgan fingerprint density at radius 3 is 2.61 bits per heavy atom. The molecule has 0 fully saturated rings. The largest absolute Gasteiger partial charge is 0.464 e. The topological polar surface area (TPSA) is 77.5 Å². The van der Waals surface area contributed by atoms with Crippen molar-refractivity contribution in [2.75, 3.05) is 26.1 Å². The number of nitrogens with one attached hydrogen (secondary N) is 1. The molecule has 0 aliphatic carbocycles. The predicted octanol–water partition coefficient (Wildman–Crippen LogP) is 1.58. The minimum atomic E-state index is -0.607. The molecule has 18 heavy (non-hydrogen) atoms. The van der Waals surface area contributed by atoms with Gasteiger partial charge >= 0.3 is 5.97 Å². The number of anilines is 1. The minimum absolute atomic E-state index is 0.0104. The molecule has 0 bridgehead atoms. The van der Waals surface area contributed by atoms with Crippen LogP contribution in [0.1, 0.15) is 34.0 Å². The highest BCUT2D eigenvalue weighted by Gasteiger charge is 2.21. The summed E-state index contributed by atoms with van der Waals surface area (Å²) in [5.74, 6) is -0.815. The lowest BCUT2D eigenvalue weighted by Crippen LogP contribution is -2.18. The maximum Gasteiger partial charge on any atom is 0.358 e. The number of hydrogen-bond donors (Lipinski definition) is 1. The summed E-state index contributed by atoms with van der Waals surface area (Å²) < 4.78 is 9.67. The molecular weight excluding hydrogens is 256 g/mol.